The van der Waals surface area contributed by atoms with E-state index in [1.807, 2.05) is 32.6 Å². The fourth-order valence-corrected chi connectivity index (χ4v) is 1.80. The summed E-state index contributed by atoms with van der Waals surface area (Å²) in [7, 11) is 0. The zero-order valence-corrected chi connectivity index (χ0v) is 12.3. The molecule has 106 valence electrons. The zero-order chi connectivity index (χ0) is 14.4. The minimum Gasteiger partial charge on any atom is -0.350 e. The van der Waals surface area contributed by atoms with E-state index in [1.165, 1.54) is 0 Å². The van der Waals surface area contributed by atoms with E-state index in [0.717, 1.165) is 5.57 Å². The van der Waals surface area contributed by atoms with Crippen LogP contribution in [0.15, 0.2) is 24.4 Å². The number of aromatic nitrogens is 1. The Bertz CT molecular complexity index is 429. The second-order valence-electron chi connectivity index (χ2n) is 5.11. The highest BCUT2D eigenvalue weighted by Crippen LogP contribution is 2.20. The molecule has 0 spiro atoms. The van der Waals surface area contributed by atoms with Crippen molar-refractivity contribution in [2.45, 2.75) is 40.3 Å². The molecule has 0 saturated heterocycles. The topological polar surface area (TPSA) is 28.2 Å². The number of nitrogens with zero attached hydrogens (tertiary/aromatic N) is 2. The van der Waals surface area contributed by atoms with Crippen molar-refractivity contribution in [1.29, 1.82) is 0 Å². The molecule has 0 aliphatic rings. The summed E-state index contributed by atoms with van der Waals surface area (Å²) in [6.07, 6.45) is 1.66. The second kappa shape index (κ2) is 7.24. The maximum absolute atomic E-state index is 14.4. The molecule has 0 fully saturated rings. The number of halogens is 1. The van der Waals surface area contributed by atoms with Crippen molar-refractivity contribution in [1.82, 2.24) is 10.3 Å². The van der Waals surface area contributed by atoms with Crippen LogP contribution < -0.4 is 10.2 Å². The molecule has 0 amide bonds. The van der Waals surface area contributed by atoms with Crippen LogP contribution in [0.3, 0.4) is 0 Å². The van der Waals surface area contributed by atoms with Gasteiger partial charge in [0.05, 0.1) is 0 Å². The Kier molecular flexibility index (Phi) is 5.96. The first-order valence-electron chi connectivity index (χ1n) is 6.71. The van der Waals surface area contributed by atoms with Crippen molar-refractivity contribution in [2.24, 2.45) is 0 Å². The highest BCUT2D eigenvalue weighted by atomic mass is 19.1. The lowest BCUT2D eigenvalue weighted by Crippen LogP contribution is -2.28. The van der Waals surface area contributed by atoms with Crippen molar-refractivity contribution >= 4 is 5.82 Å². The lowest BCUT2D eigenvalue weighted by atomic mass is 10.2. The van der Waals surface area contributed by atoms with E-state index in [4.69, 9.17) is 0 Å². The minimum absolute atomic E-state index is 0.237. The van der Waals surface area contributed by atoms with Crippen LogP contribution >= 0.6 is 0 Å². The summed E-state index contributed by atoms with van der Waals surface area (Å²) >= 11 is 0. The van der Waals surface area contributed by atoms with Crippen LogP contribution in [0.1, 0.15) is 33.3 Å². The largest absolute Gasteiger partial charge is 0.350 e. The van der Waals surface area contributed by atoms with Crippen LogP contribution in [-0.2, 0) is 6.54 Å². The summed E-state index contributed by atoms with van der Waals surface area (Å²) < 4.78 is 14.4. The molecule has 0 aliphatic carbocycles. The molecular weight excluding hydrogens is 241 g/mol. The van der Waals surface area contributed by atoms with Crippen LogP contribution in [0.2, 0.25) is 0 Å². The van der Waals surface area contributed by atoms with Crippen LogP contribution in [0.25, 0.3) is 0 Å². The number of nitrogens with one attached hydrogen (secondary N) is 1. The normalized spacial score (nSPS) is 10.8. The Morgan fingerprint density at radius 3 is 2.74 bits per heavy atom. The molecule has 0 atom stereocenters. The number of hydrogen-bond donors (Lipinski definition) is 1. The smallest absolute Gasteiger partial charge is 0.170 e. The van der Waals surface area contributed by atoms with Gasteiger partial charge in [-0.3, -0.25) is 0 Å². The number of likely N-dealkylation sites (N-methyl/N-ethyl adjacent to an activating group) is 1. The Morgan fingerprint density at radius 2 is 2.21 bits per heavy atom. The molecule has 0 aliphatic heterocycles. The van der Waals surface area contributed by atoms with Gasteiger partial charge in [-0.2, -0.15) is 0 Å². The van der Waals surface area contributed by atoms with E-state index in [9.17, 15) is 4.39 Å². The fraction of sp³-hybridized carbons (Fsp3) is 0.533. The third-order valence-electron chi connectivity index (χ3n) is 2.79. The third kappa shape index (κ3) is 4.63. The molecule has 19 heavy (non-hydrogen) atoms. The molecule has 1 rings (SSSR count). The molecule has 0 bridgehead atoms. The van der Waals surface area contributed by atoms with E-state index in [0.29, 0.717) is 37.1 Å². The van der Waals surface area contributed by atoms with Gasteiger partial charge in [0, 0.05) is 37.4 Å². The Labute approximate surface area is 115 Å². The number of pyridine rings is 1. The molecule has 3 nitrogen and oxygen atoms in total. The fourth-order valence-electron chi connectivity index (χ4n) is 1.80. The summed E-state index contributed by atoms with van der Waals surface area (Å²) in [5.41, 5.74) is 1.65. The number of rotatable bonds is 7. The predicted octanol–water partition coefficient (Wildman–Crippen LogP) is 3.12. The van der Waals surface area contributed by atoms with E-state index < -0.39 is 0 Å². The van der Waals surface area contributed by atoms with Crippen LogP contribution in [-0.4, -0.2) is 24.1 Å². The average molecular weight is 265 g/mol. The van der Waals surface area contributed by atoms with Crippen LogP contribution in [0.5, 0.6) is 0 Å². The maximum atomic E-state index is 14.4. The third-order valence-corrected chi connectivity index (χ3v) is 2.79. The number of hydrogen-bond acceptors (Lipinski definition) is 3. The summed E-state index contributed by atoms with van der Waals surface area (Å²) in [4.78, 5) is 6.07. The van der Waals surface area contributed by atoms with E-state index in [-0.39, 0.29) is 5.82 Å². The van der Waals surface area contributed by atoms with Crippen molar-refractivity contribution in [3.63, 3.8) is 0 Å². The van der Waals surface area contributed by atoms with Gasteiger partial charge in [-0.15, -0.1) is 0 Å². The lowest BCUT2D eigenvalue weighted by Gasteiger charge is -2.23. The monoisotopic (exact) mass is 265 g/mol. The molecule has 1 N–H and O–H groups in total. The molecule has 0 saturated carbocycles. The van der Waals surface area contributed by atoms with Gasteiger partial charge < -0.3 is 10.2 Å². The predicted molar refractivity (Wildman–Crippen MR) is 78.9 cm³/mol. The quantitative estimate of drug-likeness (QED) is 0.768. The van der Waals surface area contributed by atoms with Crippen molar-refractivity contribution in [2.75, 3.05) is 18.0 Å². The van der Waals surface area contributed by atoms with Crippen LogP contribution in [0.4, 0.5) is 10.2 Å². The van der Waals surface area contributed by atoms with Crippen molar-refractivity contribution in [3.05, 3.63) is 35.8 Å². The highest BCUT2D eigenvalue weighted by molar-refractivity contribution is 5.44. The van der Waals surface area contributed by atoms with Crippen molar-refractivity contribution in [3.8, 4) is 0 Å². The van der Waals surface area contributed by atoms with Crippen LogP contribution in [0, 0.1) is 5.82 Å². The first-order chi connectivity index (χ1) is 8.95. The second-order valence-corrected chi connectivity index (χ2v) is 5.11. The summed E-state index contributed by atoms with van der Waals surface area (Å²) in [5, 5.41) is 3.22. The van der Waals surface area contributed by atoms with Gasteiger partial charge in [0.2, 0.25) is 0 Å². The standard InChI is InChI=1S/C15H24FN3/c1-6-19(10-11(2)3)15-14(16)13(7-8-17-15)9-18-12(4)5/h7-8,12,18H,2,6,9-10H2,1,3-5H3. The molecule has 0 aromatic carbocycles. The Hall–Kier alpha value is -1.42. The average Bonchev–Trinajstić information content (AvgIpc) is 2.34. The van der Waals surface area contributed by atoms with E-state index >= 15 is 0 Å². The van der Waals surface area contributed by atoms with Crippen molar-refractivity contribution < 1.29 is 4.39 Å². The first kappa shape index (κ1) is 15.6. The Morgan fingerprint density at radius 1 is 1.53 bits per heavy atom. The molecule has 1 aromatic rings. The van der Waals surface area contributed by atoms with Gasteiger partial charge in [0.15, 0.2) is 11.6 Å². The molecule has 1 heterocycles. The molecule has 0 unspecified atom stereocenters. The van der Waals surface area contributed by atoms with Gasteiger partial charge in [0.1, 0.15) is 0 Å². The number of anilines is 1. The SMILES string of the molecule is C=C(C)CN(CC)c1nccc(CNC(C)C)c1F. The summed E-state index contributed by atoms with van der Waals surface area (Å²) in [5.74, 6) is 0.173. The van der Waals surface area contributed by atoms with Gasteiger partial charge in [0.25, 0.3) is 0 Å². The molecule has 1 aromatic heterocycles. The first-order valence-corrected chi connectivity index (χ1v) is 6.71. The maximum Gasteiger partial charge on any atom is 0.170 e. The molecular formula is C15H24FN3. The van der Waals surface area contributed by atoms with Gasteiger partial charge in [-0.05, 0) is 19.9 Å². The summed E-state index contributed by atoms with van der Waals surface area (Å²) in [6.45, 7) is 13.7. The molecule has 4 heteroatoms. The zero-order valence-electron chi connectivity index (χ0n) is 12.3. The minimum atomic E-state index is -0.237. The van der Waals surface area contributed by atoms with Gasteiger partial charge in [-0.25, -0.2) is 9.37 Å². The van der Waals surface area contributed by atoms with E-state index in [2.05, 4.69) is 16.9 Å². The lowest BCUT2D eigenvalue weighted by molar-refractivity contribution is 0.548. The summed E-state index contributed by atoms with van der Waals surface area (Å²) in [6, 6.07) is 2.05. The highest BCUT2D eigenvalue weighted by Gasteiger charge is 2.15. The van der Waals surface area contributed by atoms with Gasteiger partial charge in [-0.1, -0.05) is 26.0 Å². The molecule has 0 radical (unpaired) electrons. The van der Waals surface area contributed by atoms with E-state index in [1.54, 1.807) is 12.3 Å². The van der Waals surface area contributed by atoms with Gasteiger partial charge >= 0.3 is 0 Å². The Balaban J connectivity index is 2.94.